The van der Waals surface area contributed by atoms with Crippen molar-refractivity contribution in [3.63, 3.8) is 0 Å². The number of rotatable bonds is 8. The van der Waals surface area contributed by atoms with Crippen LogP contribution in [0, 0.1) is 11.2 Å². The highest BCUT2D eigenvalue weighted by atomic mass is 32.2. The van der Waals surface area contributed by atoms with Gasteiger partial charge in [-0.1, -0.05) is 5.21 Å². The molecule has 2 saturated heterocycles. The molecule has 3 fully saturated rings. The minimum absolute atomic E-state index is 0.340. The van der Waals surface area contributed by atoms with Crippen molar-refractivity contribution in [3.8, 4) is 17.1 Å². The van der Waals surface area contributed by atoms with E-state index in [0.717, 1.165) is 69.5 Å². The van der Waals surface area contributed by atoms with Crippen LogP contribution in [0.25, 0.3) is 17.1 Å². The third-order valence-corrected chi connectivity index (χ3v) is 9.49. The Bertz CT molecular complexity index is 1440. The maximum Gasteiger partial charge on any atom is 0.234 e. The molecule has 6 rings (SSSR count). The number of hydrogen-bond donors (Lipinski definition) is 2. The molecule has 3 aromatic rings. The van der Waals surface area contributed by atoms with Crippen molar-refractivity contribution < 1.29 is 17.9 Å². The van der Waals surface area contributed by atoms with E-state index in [1.54, 1.807) is 23.0 Å². The van der Waals surface area contributed by atoms with Gasteiger partial charge in [-0.25, -0.2) is 22.5 Å². The van der Waals surface area contributed by atoms with Gasteiger partial charge in [0.05, 0.1) is 24.2 Å². The number of halogens is 1. The summed E-state index contributed by atoms with van der Waals surface area (Å²) >= 11 is 0. The molecular weight excluding hydrogens is 521 g/mol. The summed E-state index contributed by atoms with van der Waals surface area (Å²) in [4.78, 5) is 8.85. The second kappa shape index (κ2) is 10.4. The molecule has 2 aromatic heterocycles. The lowest BCUT2D eigenvalue weighted by atomic mass is 9.93. The number of aliphatic hydroxyl groups excluding tert-OH is 1. The van der Waals surface area contributed by atoms with E-state index in [-0.39, 0.29) is 11.6 Å². The molecule has 0 radical (unpaired) electrons. The average molecular weight is 556 g/mol. The molecule has 2 aliphatic heterocycles. The van der Waals surface area contributed by atoms with E-state index < -0.39 is 16.6 Å². The number of aromatic nitrogens is 4. The lowest BCUT2D eigenvalue weighted by Gasteiger charge is -2.35. The fourth-order valence-electron chi connectivity index (χ4n) is 5.70. The van der Waals surface area contributed by atoms with E-state index in [0.29, 0.717) is 28.4 Å². The summed E-state index contributed by atoms with van der Waals surface area (Å²) in [7, 11) is -3.66. The first-order chi connectivity index (χ1) is 18.8. The number of pyridine rings is 1. The van der Waals surface area contributed by atoms with Crippen molar-refractivity contribution in [1.29, 1.82) is 0 Å². The maximum absolute atomic E-state index is 14.6. The minimum Gasteiger partial charge on any atom is -0.395 e. The minimum atomic E-state index is -3.66. The summed E-state index contributed by atoms with van der Waals surface area (Å²) in [5.41, 5.74) is 3.25. The zero-order valence-electron chi connectivity index (χ0n) is 21.9. The SMILES string of the molecule is O=S(=O)(CCO)Nc1ccc(-c2cn(-c3ccc(F)c(N4CCCCC4)n3)nn2)c(N2CCC3(CC2)CC3)c1. The van der Waals surface area contributed by atoms with Crippen molar-refractivity contribution in [3.05, 3.63) is 42.3 Å². The zero-order chi connectivity index (χ0) is 27.0. The van der Waals surface area contributed by atoms with E-state index >= 15 is 0 Å². The Hall–Kier alpha value is -3.25. The third-order valence-electron chi connectivity index (χ3n) is 8.23. The Balaban J connectivity index is 1.32. The van der Waals surface area contributed by atoms with E-state index in [1.165, 1.54) is 18.9 Å². The molecule has 0 atom stereocenters. The number of nitrogens with zero attached hydrogens (tertiary/aromatic N) is 6. The number of hydrogen-bond acceptors (Lipinski definition) is 8. The lowest BCUT2D eigenvalue weighted by Crippen LogP contribution is -2.34. The van der Waals surface area contributed by atoms with Crippen LogP contribution >= 0.6 is 0 Å². The van der Waals surface area contributed by atoms with Gasteiger partial charge in [0.25, 0.3) is 0 Å². The summed E-state index contributed by atoms with van der Waals surface area (Å²) < 4.78 is 43.4. The second-order valence-corrected chi connectivity index (χ2v) is 12.8. The van der Waals surface area contributed by atoms with Crippen molar-refractivity contribution in [1.82, 2.24) is 20.0 Å². The first kappa shape index (κ1) is 26.0. The smallest absolute Gasteiger partial charge is 0.234 e. The molecule has 0 bridgehead atoms. The van der Waals surface area contributed by atoms with Gasteiger partial charge in [-0.2, -0.15) is 0 Å². The molecule has 0 amide bonds. The predicted octanol–water partition coefficient (Wildman–Crippen LogP) is 3.57. The molecule has 2 N–H and O–H groups in total. The Morgan fingerprint density at radius 2 is 1.74 bits per heavy atom. The maximum atomic E-state index is 14.6. The van der Waals surface area contributed by atoms with Gasteiger partial charge >= 0.3 is 0 Å². The van der Waals surface area contributed by atoms with Crippen LogP contribution in [0.1, 0.15) is 44.9 Å². The average Bonchev–Trinajstić information content (AvgIpc) is 3.50. The molecule has 4 heterocycles. The summed E-state index contributed by atoms with van der Waals surface area (Å²) in [5, 5.41) is 17.8. The topological polar surface area (TPSA) is 116 Å². The van der Waals surface area contributed by atoms with Gasteiger partial charge in [0.1, 0.15) is 5.69 Å². The highest BCUT2D eigenvalue weighted by molar-refractivity contribution is 7.92. The van der Waals surface area contributed by atoms with Crippen LogP contribution in [0.4, 0.5) is 21.6 Å². The predicted molar refractivity (Wildman–Crippen MR) is 148 cm³/mol. The number of sulfonamides is 1. The van der Waals surface area contributed by atoms with E-state index in [9.17, 15) is 12.8 Å². The van der Waals surface area contributed by atoms with Crippen LogP contribution in [0.2, 0.25) is 0 Å². The summed E-state index contributed by atoms with van der Waals surface area (Å²) in [6.07, 6.45) is 9.75. The molecule has 12 heteroatoms. The largest absolute Gasteiger partial charge is 0.395 e. The Labute approximate surface area is 227 Å². The van der Waals surface area contributed by atoms with Crippen molar-refractivity contribution in [2.24, 2.45) is 5.41 Å². The van der Waals surface area contributed by atoms with Crippen LogP contribution in [0.3, 0.4) is 0 Å². The standard InChI is InChI=1S/C27H34FN7O3S/c28-22-6-7-25(29-26(22)34-12-2-1-3-13-34)35-19-23(30-32-35)21-5-4-20(31-39(37,38)17-16-36)18-24(21)33-14-10-27(8-9-27)11-15-33/h4-7,18-19,31,36H,1-3,8-17H2. The molecule has 0 unspecified atom stereocenters. The fourth-order valence-corrected chi connectivity index (χ4v) is 6.53. The summed E-state index contributed by atoms with van der Waals surface area (Å²) in [6.45, 7) is 2.88. The Morgan fingerprint density at radius 1 is 0.974 bits per heavy atom. The van der Waals surface area contributed by atoms with Gasteiger partial charge in [-0.05, 0) is 80.7 Å². The molecule has 208 valence electrons. The van der Waals surface area contributed by atoms with E-state index in [1.807, 2.05) is 17.0 Å². The van der Waals surface area contributed by atoms with Crippen LogP contribution in [0.15, 0.2) is 36.5 Å². The summed E-state index contributed by atoms with van der Waals surface area (Å²) in [6, 6.07) is 8.40. The van der Waals surface area contributed by atoms with Crippen LogP contribution in [-0.2, 0) is 10.0 Å². The molecular formula is C27H34FN7O3S. The first-order valence-electron chi connectivity index (χ1n) is 13.7. The highest BCUT2D eigenvalue weighted by Crippen LogP contribution is 2.54. The van der Waals surface area contributed by atoms with Gasteiger partial charge in [-0.3, -0.25) is 4.72 Å². The van der Waals surface area contributed by atoms with Crippen LogP contribution in [0.5, 0.6) is 0 Å². The van der Waals surface area contributed by atoms with Crippen LogP contribution in [-0.4, -0.2) is 72.0 Å². The Morgan fingerprint density at radius 3 is 2.46 bits per heavy atom. The van der Waals surface area contributed by atoms with Gasteiger partial charge < -0.3 is 14.9 Å². The summed E-state index contributed by atoms with van der Waals surface area (Å²) in [5.74, 6) is 0.112. The monoisotopic (exact) mass is 555 g/mol. The van der Waals surface area contributed by atoms with Gasteiger partial charge in [0, 0.05) is 37.4 Å². The van der Waals surface area contributed by atoms with E-state index in [2.05, 4.69) is 24.9 Å². The third kappa shape index (κ3) is 5.58. The molecule has 39 heavy (non-hydrogen) atoms. The van der Waals surface area contributed by atoms with E-state index in [4.69, 9.17) is 5.11 Å². The number of piperidine rings is 2. The van der Waals surface area contributed by atoms with Crippen molar-refractivity contribution in [2.75, 3.05) is 53.1 Å². The normalized spacial score (nSPS) is 18.9. The van der Waals surface area contributed by atoms with Gasteiger partial charge in [-0.15, -0.1) is 5.10 Å². The first-order valence-corrected chi connectivity index (χ1v) is 15.3. The van der Waals surface area contributed by atoms with Gasteiger partial charge in [0.2, 0.25) is 10.0 Å². The number of benzene rings is 1. The fraction of sp³-hybridized carbons (Fsp3) is 0.519. The molecule has 1 saturated carbocycles. The lowest BCUT2D eigenvalue weighted by molar-refractivity contribution is 0.320. The highest BCUT2D eigenvalue weighted by Gasteiger charge is 2.44. The molecule has 1 spiro atoms. The quantitative estimate of drug-likeness (QED) is 0.433. The van der Waals surface area contributed by atoms with Crippen LogP contribution < -0.4 is 14.5 Å². The van der Waals surface area contributed by atoms with Crippen molar-refractivity contribution in [2.45, 2.75) is 44.9 Å². The molecule has 1 aromatic carbocycles. The molecule has 1 aliphatic carbocycles. The molecule has 10 nitrogen and oxygen atoms in total. The Kier molecular flexibility index (Phi) is 6.92. The van der Waals surface area contributed by atoms with Gasteiger partial charge in [0.15, 0.2) is 17.5 Å². The molecule has 3 aliphatic rings. The number of aliphatic hydroxyl groups is 1. The second-order valence-electron chi connectivity index (χ2n) is 10.9. The number of nitrogens with one attached hydrogen (secondary N) is 1. The van der Waals surface area contributed by atoms with Crippen molar-refractivity contribution >= 4 is 27.2 Å². The number of anilines is 3. The zero-order valence-corrected chi connectivity index (χ0v) is 22.7.